The molecular weight excluding hydrogens is 330 g/mol. The van der Waals surface area contributed by atoms with E-state index in [1.807, 2.05) is 36.4 Å². The lowest BCUT2D eigenvalue weighted by molar-refractivity contribution is 0.0955. The van der Waals surface area contributed by atoms with Crippen LogP contribution in [0.2, 0.25) is 0 Å². The van der Waals surface area contributed by atoms with Gasteiger partial charge in [-0.15, -0.1) is 0 Å². The lowest BCUT2D eigenvalue weighted by Gasteiger charge is -2.06. The first-order valence-corrected chi connectivity index (χ1v) is 8.30. The number of para-hydroxylation sites is 1. The van der Waals surface area contributed by atoms with E-state index in [9.17, 15) is 9.90 Å². The molecule has 1 aromatic heterocycles. The summed E-state index contributed by atoms with van der Waals surface area (Å²) in [6, 6.07) is 11.6. The van der Waals surface area contributed by atoms with Crippen LogP contribution in [0, 0.1) is 0 Å². The second-order valence-electron chi connectivity index (χ2n) is 6.35. The Kier molecular flexibility index (Phi) is 2.94. The first-order valence-electron chi connectivity index (χ1n) is 8.30. The van der Waals surface area contributed by atoms with E-state index in [2.05, 4.69) is 20.3 Å². The second-order valence-corrected chi connectivity index (χ2v) is 6.35. The van der Waals surface area contributed by atoms with Crippen molar-refractivity contribution >= 4 is 23.1 Å². The summed E-state index contributed by atoms with van der Waals surface area (Å²) in [4.78, 5) is 23.9. The molecule has 3 aromatic rings. The van der Waals surface area contributed by atoms with Gasteiger partial charge in [0.1, 0.15) is 5.69 Å². The molecule has 2 aliphatic rings. The molecular formula is C19H19N5O2. The Bertz CT molecular complexity index is 1220. The van der Waals surface area contributed by atoms with Gasteiger partial charge in [0, 0.05) is 26.1 Å². The number of hydrogen-bond acceptors (Lipinski definition) is 5. The summed E-state index contributed by atoms with van der Waals surface area (Å²) in [7, 11) is 0. The van der Waals surface area contributed by atoms with Crippen molar-refractivity contribution < 1.29 is 12.8 Å². The van der Waals surface area contributed by atoms with Gasteiger partial charge in [-0.3, -0.25) is 4.79 Å². The number of nitrogens with one attached hydrogen (secondary N) is 2. The molecule has 2 aromatic carbocycles. The summed E-state index contributed by atoms with van der Waals surface area (Å²) in [6.45, 7) is 0.458. The predicted octanol–water partition coefficient (Wildman–Crippen LogP) is 1.45. The highest BCUT2D eigenvalue weighted by Gasteiger charge is 2.23. The van der Waals surface area contributed by atoms with Crippen molar-refractivity contribution in [3.63, 3.8) is 0 Å². The largest absolute Gasteiger partial charge is 0.492 e. The molecule has 0 atom stereocenters. The maximum Gasteiger partial charge on any atom is 0.251 e. The van der Waals surface area contributed by atoms with Gasteiger partial charge >= 0.3 is 0 Å². The quantitative estimate of drug-likeness (QED) is 0.416. The van der Waals surface area contributed by atoms with Crippen molar-refractivity contribution in [2.45, 2.75) is 6.42 Å². The highest BCUT2D eigenvalue weighted by atomic mass is 16.3. The first kappa shape index (κ1) is 14.7. The third kappa shape index (κ3) is 2.03. The van der Waals surface area contributed by atoms with Crippen LogP contribution in [0.1, 0.15) is 25.3 Å². The summed E-state index contributed by atoms with van der Waals surface area (Å²) in [5, 5.41) is 14.6. The fraction of sp³-hybridized carbons (Fsp3) is 0.105. The Morgan fingerprint density at radius 1 is 1.15 bits per heavy atom. The van der Waals surface area contributed by atoms with E-state index < -0.39 is 0 Å². The number of nitrogen functional groups attached to an aromatic ring is 1. The van der Waals surface area contributed by atoms with E-state index in [-0.39, 0.29) is 20.6 Å². The molecule has 0 unspecified atom stereocenters. The molecule has 2 aliphatic heterocycles. The van der Waals surface area contributed by atoms with Gasteiger partial charge < -0.3 is 21.1 Å². The minimum atomic E-state index is -0.164. The molecule has 0 bridgehead atoms. The molecule has 0 aliphatic carbocycles. The first-order chi connectivity index (χ1) is 12.6. The summed E-state index contributed by atoms with van der Waals surface area (Å²) >= 11 is 0. The fourth-order valence-electron chi connectivity index (χ4n) is 3.65. The normalized spacial score (nSPS) is 14.8. The molecule has 0 fully saturated rings. The van der Waals surface area contributed by atoms with E-state index in [1.54, 1.807) is 0 Å². The van der Waals surface area contributed by atoms with Crippen LogP contribution in [-0.4, -0.2) is 27.5 Å². The van der Waals surface area contributed by atoms with Gasteiger partial charge in [0.15, 0.2) is 0 Å². The summed E-state index contributed by atoms with van der Waals surface area (Å²) in [5.41, 5.74) is 10.4. The van der Waals surface area contributed by atoms with E-state index in [1.165, 1.54) is 0 Å². The molecule has 0 spiro atoms. The lowest BCUT2D eigenvalue weighted by atomic mass is 9.97. The number of H-pyrrole nitrogens is 1. The Balaban J connectivity index is 0.00000112. The third-order valence-corrected chi connectivity index (χ3v) is 4.81. The van der Waals surface area contributed by atoms with Crippen molar-refractivity contribution in [1.29, 1.82) is 0 Å². The van der Waals surface area contributed by atoms with Crippen molar-refractivity contribution in [3.05, 3.63) is 58.2 Å². The van der Waals surface area contributed by atoms with Crippen LogP contribution < -0.4 is 21.6 Å². The topological polar surface area (TPSA) is 116 Å². The summed E-state index contributed by atoms with van der Waals surface area (Å²) in [6.07, 6.45) is 0.547. The molecule has 0 saturated carbocycles. The van der Waals surface area contributed by atoms with Gasteiger partial charge in [-0.2, -0.15) is 4.98 Å². The number of nitrogens with two attached hydrogens (primary N) is 1. The van der Waals surface area contributed by atoms with E-state index >= 15 is 0 Å². The van der Waals surface area contributed by atoms with E-state index in [0.717, 1.165) is 33.0 Å². The van der Waals surface area contributed by atoms with Crippen LogP contribution in [-0.2, 0) is 0 Å². The van der Waals surface area contributed by atoms with Crippen LogP contribution in [0.3, 0.4) is 0 Å². The number of hydrogen-bond donors (Lipinski definition) is 4. The van der Waals surface area contributed by atoms with Gasteiger partial charge in [-0.25, -0.2) is 4.99 Å². The average Bonchev–Trinajstić information content (AvgIpc) is 3.11. The minimum Gasteiger partial charge on any atom is -0.492 e. The third-order valence-electron chi connectivity index (χ3n) is 4.81. The summed E-state index contributed by atoms with van der Waals surface area (Å²) < 4.78 is 0. The predicted molar refractivity (Wildman–Crippen MR) is 101 cm³/mol. The molecule has 5 N–H and O–H groups in total. The highest BCUT2D eigenvalue weighted by Crippen LogP contribution is 2.32. The zero-order valence-corrected chi connectivity index (χ0v) is 13.7. The fourth-order valence-corrected chi connectivity index (χ4v) is 3.65. The standard InChI is InChI=1S/C19H15N5O2.2H2/c20-19-23-16(18(26)24-19)10-5-6-21-17(25)13-8-15-12(7-11(10)13)9-3-1-2-4-14(9)22-15;;/h1-4,7-8,26H,5-6H2,(H,21,25)(H3,20,23,24);2*1H. The van der Waals surface area contributed by atoms with Gasteiger partial charge in [-0.05, 0) is 35.4 Å². The molecule has 0 saturated heterocycles. The zero-order chi connectivity index (χ0) is 17.8. The maximum absolute atomic E-state index is 12.6. The van der Waals surface area contributed by atoms with Gasteiger partial charge in [-0.1, -0.05) is 18.2 Å². The van der Waals surface area contributed by atoms with Gasteiger partial charge in [0.25, 0.3) is 5.91 Å². The van der Waals surface area contributed by atoms with Crippen molar-refractivity contribution in [2.75, 3.05) is 12.3 Å². The number of rotatable bonds is 1. The number of imidazole rings is 1. The van der Waals surface area contributed by atoms with Gasteiger partial charge in [0.05, 0.1) is 11.0 Å². The van der Waals surface area contributed by atoms with E-state index in [4.69, 9.17) is 5.73 Å². The number of anilines is 1. The number of benzene rings is 2. The number of carbonyl (C=O) groups is 1. The number of carbonyl (C=O) groups excluding carboxylic acids is 1. The maximum atomic E-state index is 12.6. The number of amides is 1. The monoisotopic (exact) mass is 349 g/mol. The van der Waals surface area contributed by atoms with Crippen LogP contribution in [0.15, 0.2) is 41.4 Å². The number of nitrogens with zero attached hydrogens (tertiary/aromatic N) is 2. The lowest BCUT2D eigenvalue weighted by Crippen LogP contribution is -2.28. The minimum absolute atomic E-state index is 0. The van der Waals surface area contributed by atoms with Crippen molar-refractivity contribution in [1.82, 2.24) is 15.3 Å². The summed E-state index contributed by atoms with van der Waals surface area (Å²) in [5.74, 6) is -0.184. The molecule has 0 radical (unpaired) electrons. The Labute approximate surface area is 150 Å². The number of aromatic nitrogens is 2. The molecule has 1 amide bonds. The SMILES string of the molecule is Nc1nc(O)c(C2=c3cc4c(cc3C(=O)NCC2)=Nc2ccccc2-4)[nH]1.[HH].[HH]. The Morgan fingerprint density at radius 3 is 2.81 bits per heavy atom. The van der Waals surface area contributed by atoms with Crippen molar-refractivity contribution in [2.24, 2.45) is 4.99 Å². The molecule has 132 valence electrons. The van der Waals surface area contributed by atoms with Gasteiger partial charge in [0.2, 0.25) is 11.8 Å². The Morgan fingerprint density at radius 2 is 2.00 bits per heavy atom. The highest BCUT2D eigenvalue weighted by molar-refractivity contribution is 5.97. The second kappa shape index (κ2) is 5.19. The van der Waals surface area contributed by atoms with Crippen LogP contribution >= 0.6 is 0 Å². The zero-order valence-electron chi connectivity index (χ0n) is 13.7. The van der Waals surface area contributed by atoms with Crippen LogP contribution in [0.5, 0.6) is 5.88 Å². The molecule has 7 nitrogen and oxygen atoms in total. The number of fused-ring (bicyclic) bond motifs is 4. The number of aromatic hydroxyl groups is 1. The molecule has 26 heavy (non-hydrogen) atoms. The van der Waals surface area contributed by atoms with Crippen LogP contribution in [0.25, 0.3) is 16.7 Å². The molecule has 7 heteroatoms. The van der Waals surface area contributed by atoms with Crippen LogP contribution in [0.4, 0.5) is 11.6 Å². The molecule has 5 rings (SSSR count). The number of aromatic amines is 1. The van der Waals surface area contributed by atoms with E-state index in [0.29, 0.717) is 24.2 Å². The smallest absolute Gasteiger partial charge is 0.251 e. The average molecular weight is 349 g/mol. The van der Waals surface area contributed by atoms with Crippen molar-refractivity contribution in [3.8, 4) is 17.0 Å². The molecule has 3 heterocycles. The Hall–Kier alpha value is -3.61.